The van der Waals surface area contributed by atoms with Gasteiger partial charge in [-0.2, -0.15) is 8.61 Å². The largest absolute Gasteiger partial charge is 0.254 e. The van der Waals surface area contributed by atoms with Crippen LogP contribution in [0.2, 0.25) is 0 Å². The van der Waals surface area contributed by atoms with Crippen molar-refractivity contribution in [3.8, 4) is 10.6 Å². The molecule has 0 aliphatic carbocycles. The summed E-state index contributed by atoms with van der Waals surface area (Å²) >= 11 is 0.953. The number of nitrogens with zero attached hydrogens (tertiary/aromatic N) is 3. The van der Waals surface area contributed by atoms with E-state index in [0.29, 0.717) is 10.6 Å². The fourth-order valence-electron chi connectivity index (χ4n) is 3.18. The number of hydrogen-bond donors (Lipinski definition) is 0. The van der Waals surface area contributed by atoms with Crippen molar-refractivity contribution < 1.29 is 25.6 Å². The number of hydrogen-bond acceptors (Lipinski definition) is 6. The lowest BCUT2D eigenvalue weighted by Crippen LogP contribution is -2.50. The topological polar surface area (TPSA) is 87.7 Å². The lowest BCUT2D eigenvalue weighted by atomic mass is 10.2. The highest BCUT2D eigenvalue weighted by Crippen LogP contribution is 2.31. The van der Waals surface area contributed by atoms with E-state index in [2.05, 4.69) is 4.98 Å². The highest BCUT2D eigenvalue weighted by Gasteiger charge is 2.35. The van der Waals surface area contributed by atoms with Gasteiger partial charge in [0.05, 0.1) is 6.20 Å². The van der Waals surface area contributed by atoms with E-state index >= 15 is 0 Å². The summed E-state index contributed by atoms with van der Waals surface area (Å²) in [6.07, 6.45) is 1.24. The Labute approximate surface area is 182 Å². The number of thiazole rings is 1. The van der Waals surface area contributed by atoms with Crippen LogP contribution in [0.5, 0.6) is 0 Å². The fraction of sp³-hybridized carbons (Fsp3) is 0.211. The minimum absolute atomic E-state index is 0.0113. The predicted molar refractivity (Wildman–Crippen MR) is 111 cm³/mol. The number of piperazine rings is 1. The summed E-state index contributed by atoms with van der Waals surface area (Å²) in [5.41, 5.74) is 0.591. The third-order valence-electron chi connectivity index (χ3n) is 4.82. The van der Waals surface area contributed by atoms with Crippen LogP contribution in [0.15, 0.2) is 63.8 Å². The van der Waals surface area contributed by atoms with E-state index in [9.17, 15) is 25.6 Å². The molecule has 0 unspecified atom stereocenters. The van der Waals surface area contributed by atoms with Crippen molar-refractivity contribution in [2.45, 2.75) is 9.10 Å². The Hall–Kier alpha value is -2.25. The van der Waals surface area contributed by atoms with Crippen molar-refractivity contribution in [3.63, 3.8) is 0 Å². The Morgan fingerprint density at radius 3 is 2.00 bits per heavy atom. The van der Waals surface area contributed by atoms with Crippen LogP contribution in [-0.2, 0) is 20.0 Å². The maximum Gasteiger partial charge on any atom is 0.254 e. The van der Waals surface area contributed by atoms with E-state index in [1.54, 1.807) is 0 Å². The molecule has 0 atom stereocenters. The number of rotatable bonds is 5. The monoisotopic (exact) mass is 485 g/mol. The zero-order valence-corrected chi connectivity index (χ0v) is 18.4. The molecule has 1 aromatic heterocycles. The molecule has 0 bridgehead atoms. The van der Waals surface area contributed by atoms with Crippen LogP contribution in [0, 0.1) is 11.6 Å². The van der Waals surface area contributed by atoms with Gasteiger partial charge in [0.25, 0.3) is 10.0 Å². The number of aromatic nitrogens is 1. The molecular formula is C19H17F2N3O4S3. The van der Waals surface area contributed by atoms with Gasteiger partial charge in [0.1, 0.15) is 21.5 Å². The van der Waals surface area contributed by atoms with Crippen molar-refractivity contribution in [1.82, 2.24) is 13.6 Å². The molecule has 1 saturated heterocycles. The summed E-state index contributed by atoms with van der Waals surface area (Å²) in [6.45, 7) is -0.335. The summed E-state index contributed by atoms with van der Waals surface area (Å²) < 4.78 is 80.7. The van der Waals surface area contributed by atoms with Crippen LogP contribution < -0.4 is 0 Å². The van der Waals surface area contributed by atoms with E-state index in [-0.39, 0.29) is 30.4 Å². The van der Waals surface area contributed by atoms with Crippen molar-refractivity contribution in [3.05, 3.63) is 66.4 Å². The summed E-state index contributed by atoms with van der Waals surface area (Å²) in [6, 6.07) is 10.6. The van der Waals surface area contributed by atoms with E-state index < -0.39 is 36.6 Å². The van der Waals surface area contributed by atoms with Gasteiger partial charge < -0.3 is 0 Å². The van der Waals surface area contributed by atoms with E-state index in [0.717, 1.165) is 21.7 Å². The molecule has 0 radical (unpaired) electrons. The molecule has 0 N–H and O–H groups in total. The van der Waals surface area contributed by atoms with Gasteiger partial charge in [-0.05, 0) is 36.4 Å². The zero-order valence-electron chi connectivity index (χ0n) is 16.0. The lowest BCUT2D eigenvalue weighted by molar-refractivity contribution is 0.272. The molecule has 1 aliphatic rings. The minimum Gasteiger partial charge on any atom is -0.243 e. The van der Waals surface area contributed by atoms with Gasteiger partial charge in [0, 0.05) is 31.7 Å². The third kappa shape index (κ3) is 4.26. The third-order valence-corrected chi connectivity index (χ3v) is 10.1. The second-order valence-electron chi connectivity index (χ2n) is 6.73. The number of sulfonamides is 2. The van der Waals surface area contributed by atoms with Gasteiger partial charge in [-0.15, -0.1) is 11.3 Å². The maximum atomic E-state index is 14.0. The van der Waals surface area contributed by atoms with E-state index in [4.69, 9.17) is 0 Å². The van der Waals surface area contributed by atoms with Gasteiger partial charge in [-0.1, -0.05) is 12.1 Å². The molecule has 1 aliphatic heterocycles. The summed E-state index contributed by atoms with van der Waals surface area (Å²) in [7, 11) is -7.94. The van der Waals surface area contributed by atoms with Gasteiger partial charge in [0.2, 0.25) is 10.0 Å². The molecule has 0 spiro atoms. The molecular weight excluding hydrogens is 468 g/mol. The molecule has 0 amide bonds. The van der Waals surface area contributed by atoms with Crippen LogP contribution in [-0.4, -0.2) is 56.6 Å². The summed E-state index contributed by atoms with van der Waals surface area (Å²) in [5.74, 6) is -1.26. The van der Waals surface area contributed by atoms with Gasteiger partial charge >= 0.3 is 0 Å². The molecule has 2 aromatic carbocycles. The Balaban J connectivity index is 1.50. The first-order valence-corrected chi connectivity index (χ1v) is 12.9. The van der Waals surface area contributed by atoms with Crippen LogP contribution in [0.3, 0.4) is 0 Å². The lowest BCUT2D eigenvalue weighted by Gasteiger charge is -2.32. The Bertz CT molecular complexity index is 1300. The standard InChI is InChI=1S/C19H17F2N3O4S3/c20-15-7-5-14(6-8-15)19-22-13-18(29-19)31(27,28)24-11-9-23(10-12-24)30(25,26)17-4-2-1-3-16(17)21/h1-8,13H,9-12H2. The Kier molecular flexibility index (Phi) is 5.92. The average Bonchev–Trinajstić information content (AvgIpc) is 3.26. The summed E-state index contributed by atoms with van der Waals surface area (Å²) in [4.78, 5) is 3.69. The average molecular weight is 486 g/mol. The molecule has 2 heterocycles. The minimum atomic E-state index is -4.07. The molecule has 0 saturated carbocycles. The first-order chi connectivity index (χ1) is 14.7. The zero-order chi connectivity index (χ0) is 22.2. The van der Waals surface area contributed by atoms with Crippen molar-refractivity contribution >= 4 is 31.4 Å². The van der Waals surface area contributed by atoms with Gasteiger partial charge in [0.15, 0.2) is 4.21 Å². The number of halogens is 2. The molecule has 4 rings (SSSR count). The van der Waals surface area contributed by atoms with Gasteiger partial charge in [-0.25, -0.2) is 30.6 Å². The molecule has 164 valence electrons. The second-order valence-corrected chi connectivity index (χ2v) is 11.8. The first-order valence-electron chi connectivity index (χ1n) is 9.16. The van der Waals surface area contributed by atoms with Crippen LogP contribution in [0.4, 0.5) is 8.78 Å². The van der Waals surface area contributed by atoms with Crippen molar-refractivity contribution in [2.24, 2.45) is 0 Å². The van der Waals surface area contributed by atoms with Crippen LogP contribution in [0.25, 0.3) is 10.6 Å². The fourth-order valence-corrected chi connectivity index (χ4v) is 7.38. The highest BCUT2D eigenvalue weighted by atomic mass is 32.2. The van der Waals surface area contributed by atoms with E-state index in [1.165, 1.54) is 53.0 Å². The Morgan fingerprint density at radius 1 is 0.806 bits per heavy atom. The summed E-state index contributed by atoms with van der Waals surface area (Å²) in [5, 5.41) is 0.430. The van der Waals surface area contributed by atoms with E-state index in [1.807, 2.05) is 0 Å². The molecule has 1 fully saturated rings. The number of benzene rings is 2. The Morgan fingerprint density at radius 2 is 1.39 bits per heavy atom. The van der Waals surface area contributed by atoms with Crippen LogP contribution in [0.1, 0.15) is 0 Å². The maximum absolute atomic E-state index is 14.0. The molecule has 7 nitrogen and oxygen atoms in total. The smallest absolute Gasteiger partial charge is 0.243 e. The molecule has 12 heteroatoms. The van der Waals surface area contributed by atoms with Crippen molar-refractivity contribution in [1.29, 1.82) is 0 Å². The van der Waals surface area contributed by atoms with Gasteiger partial charge in [-0.3, -0.25) is 0 Å². The molecule has 3 aromatic rings. The quantitative estimate of drug-likeness (QED) is 0.555. The molecule has 31 heavy (non-hydrogen) atoms. The first kappa shape index (κ1) is 22.0. The van der Waals surface area contributed by atoms with Crippen molar-refractivity contribution in [2.75, 3.05) is 26.2 Å². The predicted octanol–water partition coefficient (Wildman–Crippen LogP) is 2.78. The highest BCUT2D eigenvalue weighted by molar-refractivity contribution is 7.91. The normalized spacial score (nSPS) is 16.5. The SMILES string of the molecule is O=S(=O)(c1cnc(-c2ccc(F)cc2)s1)N1CCN(S(=O)(=O)c2ccccc2F)CC1. The van der Waals surface area contributed by atoms with Crippen LogP contribution >= 0.6 is 11.3 Å². The second kappa shape index (κ2) is 8.36.